The predicted octanol–water partition coefficient (Wildman–Crippen LogP) is 2.48. The first kappa shape index (κ1) is 25.3. The lowest BCUT2D eigenvalue weighted by atomic mass is 9.92. The van der Waals surface area contributed by atoms with Crippen molar-refractivity contribution in [2.75, 3.05) is 6.54 Å². The molecule has 2 amide bonds. The Bertz CT molecular complexity index is 1180. The van der Waals surface area contributed by atoms with Crippen LogP contribution in [0.4, 0.5) is 0 Å². The predicted molar refractivity (Wildman–Crippen MR) is 126 cm³/mol. The second kappa shape index (κ2) is 9.87. The lowest BCUT2D eigenvalue weighted by molar-refractivity contribution is -0.143. The maximum absolute atomic E-state index is 12.6. The molecule has 3 N–H and O–H groups in total. The number of amides is 2. The Morgan fingerprint density at radius 3 is 2.56 bits per heavy atom. The Balaban J connectivity index is 1.72. The van der Waals surface area contributed by atoms with Crippen molar-refractivity contribution >= 4 is 28.8 Å². The van der Waals surface area contributed by atoms with E-state index in [1.807, 2.05) is 26.8 Å². The fraction of sp³-hybridized carbons (Fsp3) is 0.520. The van der Waals surface area contributed by atoms with Gasteiger partial charge in [0.25, 0.3) is 0 Å². The number of rotatable bonds is 8. The summed E-state index contributed by atoms with van der Waals surface area (Å²) >= 11 is 0. The molecule has 0 aliphatic carbocycles. The highest BCUT2D eigenvalue weighted by atomic mass is 16.5. The molecule has 0 radical (unpaired) electrons. The van der Waals surface area contributed by atoms with E-state index in [1.54, 1.807) is 19.9 Å². The van der Waals surface area contributed by atoms with Crippen LogP contribution in [0.15, 0.2) is 21.3 Å². The molecule has 9 heteroatoms. The molecule has 2 heterocycles. The van der Waals surface area contributed by atoms with E-state index in [0.29, 0.717) is 23.3 Å². The zero-order valence-electron chi connectivity index (χ0n) is 20.2. The summed E-state index contributed by atoms with van der Waals surface area (Å²) in [4.78, 5) is 48.6. The number of benzene rings is 1. The Morgan fingerprint density at radius 1 is 1.21 bits per heavy atom. The summed E-state index contributed by atoms with van der Waals surface area (Å²) < 4.78 is 11.5. The molecule has 3 rings (SSSR count). The van der Waals surface area contributed by atoms with E-state index in [9.17, 15) is 24.3 Å². The number of fused-ring (bicyclic) bond motifs is 2. The molecule has 0 saturated heterocycles. The van der Waals surface area contributed by atoms with Crippen LogP contribution in [0.5, 0.6) is 5.75 Å². The van der Waals surface area contributed by atoms with Crippen molar-refractivity contribution in [3.63, 3.8) is 0 Å². The SMILES string of the molecule is CC[C@H](C)[C@@H](NC(=O)CNC(=O)Cc1c(C)c2cc3c(cc2oc1=O)OC(C)(C)CC3)C(=O)O. The van der Waals surface area contributed by atoms with Gasteiger partial charge in [-0.25, -0.2) is 9.59 Å². The average Bonchev–Trinajstić information content (AvgIpc) is 2.76. The number of aryl methyl sites for hydroxylation is 2. The fourth-order valence-corrected chi connectivity index (χ4v) is 4.05. The molecule has 0 fully saturated rings. The highest BCUT2D eigenvalue weighted by molar-refractivity contribution is 5.89. The van der Waals surface area contributed by atoms with Gasteiger partial charge in [-0.1, -0.05) is 20.3 Å². The van der Waals surface area contributed by atoms with Crippen LogP contribution in [0, 0.1) is 12.8 Å². The van der Waals surface area contributed by atoms with Gasteiger partial charge < -0.3 is 24.9 Å². The van der Waals surface area contributed by atoms with Gasteiger partial charge in [0.1, 0.15) is 23.0 Å². The lowest BCUT2D eigenvalue weighted by Gasteiger charge is -2.32. The summed E-state index contributed by atoms with van der Waals surface area (Å²) in [5.41, 5.74) is 1.35. The van der Waals surface area contributed by atoms with E-state index < -0.39 is 36.0 Å². The molecule has 0 unspecified atom stereocenters. The molecule has 1 aliphatic rings. The average molecular weight is 473 g/mol. The summed E-state index contributed by atoms with van der Waals surface area (Å²) in [7, 11) is 0. The van der Waals surface area contributed by atoms with Crippen LogP contribution in [0.1, 0.15) is 57.2 Å². The third kappa shape index (κ3) is 5.58. The van der Waals surface area contributed by atoms with Gasteiger partial charge in [-0.15, -0.1) is 0 Å². The molecule has 0 spiro atoms. The van der Waals surface area contributed by atoms with Crippen molar-refractivity contribution < 1.29 is 28.6 Å². The minimum absolute atomic E-state index is 0.213. The molecule has 1 aromatic heterocycles. The highest BCUT2D eigenvalue weighted by Crippen LogP contribution is 2.36. The Kier molecular flexibility index (Phi) is 7.33. The highest BCUT2D eigenvalue weighted by Gasteiger charge is 2.28. The standard InChI is InChI=1S/C25H32N2O7/c1-6-13(2)22(23(30)31)27-21(29)12-26-20(28)10-17-14(3)16-9-15-7-8-25(4,5)34-18(15)11-19(16)33-24(17)32/h9,11,13,22H,6-8,10,12H2,1-5H3,(H,26,28)(H,27,29)(H,30,31)/t13-,22+/m0/s1. The van der Waals surface area contributed by atoms with Gasteiger partial charge in [0, 0.05) is 11.5 Å². The number of nitrogens with one attached hydrogen (secondary N) is 2. The zero-order valence-corrected chi connectivity index (χ0v) is 20.2. The summed E-state index contributed by atoms with van der Waals surface area (Å²) in [6.45, 7) is 8.94. The second-order valence-electron chi connectivity index (χ2n) is 9.53. The topological polar surface area (TPSA) is 135 Å². The van der Waals surface area contributed by atoms with E-state index in [-0.39, 0.29) is 23.5 Å². The number of carbonyl (C=O) groups excluding carboxylic acids is 2. The second-order valence-corrected chi connectivity index (χ2v) is 9.53. The third-order valence-corrected chi connectivity index (χ3v) is 6.43. The van der Waals surface area contributed by atoms with Crippen LogP contribution in [0.3, 0.4) is 0 Å². The molecule has 2 aromatic rings. The van der Waals surface area contributed by atoms with Gasteiger partial charge in [0.15, 0.2) is 0 Å². The number of hydrogen-bond acceptors (Lipinski definition) is 6. The summed E-state index contributed by atoms with van der Waals surface area (Å²) in [6, 6.07) is 2.63. The number of carbonyl (C=O) groups is 3. The first-order valence-corrected chi connectivity index (χ1v) is 11.5. The van der Waals surface area contributed by atoms with Crippen molar-refractivity contribution in [2.45, 2.75) is 71.9 Å². The molecule has 0 saturated carbocycles. The minimum atomic E-state index is -1.13. The van der Waals surface area contributed by atoms with E-state index in [0.717, 1.165) is 23.8 Å². The van der Waals surface area contributed by atoms with Gasteiger partial charge in [-0.3, -0.25) is 9.59 Å². The van der Waals surface area contributed by atoms with Crippen LogP contribution in [0.25, 0.3) is 11.0 Å². The van der Waals surface area contributed by atoms with E-state index in [2.05, 4.69) is 10.6 Å². The van der Waals surface area contributed by atoms with Crippen LogP contribution in [-0.4, -0.2) is 41.1 Å². The lowest BCUT2D eigenvalue weighted by Crippen LogP contribution is -2.48. The number of carboxylic acids is 1. The number of ether oxygens (including phenoxy) is 1. The summed E-state index contributed by atoms with van der Waals surface area (Å²) in [5.74, 6) is -1.85. The quantitative estimate of drug-likeness (QED) is 0.502. The first-order chi connectivity index (χ1) is 15.9. The Labute approximate surface area is 197 Å². The summed E-state index contributed by atoms with van der Waals surface area (Å²) in [5, 5.41) is 14.9. The van der Waals surface area contributed by atoms with Crippen molar-refractivity contribution in [1.29, 1.82) is 0 Å². The van der Waals surface area contributed by atoms with Crippen molar-refractivity contribution in [1.82, 2.24) is 10.6 Å². The minimum Gasteiger partial charge on any atom is -0.487 e. The monoisotopic (exact) mass is 472 g/mol. The van der Waals surface area contributed by atoms with E-state index in [4.69, 9.17) is 9.15 Å². The largest absolute Gasteiger partial charge is 0.487 e. The maximum atomic E-state index is 12.6. The third-order valence-electron chi connectivity index (χ3n) is 6.43. The summed E-state index contributed by atoms with van der Waals surface area (Å²) in [6.07, 6.45) is 2.01. The molecule has 1 aliphatic heterocycles. The van der Waals surface area contributed by atoms with Crippen molar-refractivity contribution in [3.05, 3.63) is 39.2 Å². The normalized spacial score (nSPS) is 16.1. The van der Waals surface area contributed by atoms with Gasteiger partial charge in [-0.2, -0.15) is 0 Å². The number of hydrogen-bond donors (Lipinski definition) is 3. The van der Waals surface area contributed by atoms with Gasteiger partial charge in [0.05, 0.1) is 18.5 Å². The molecule has 1 aromatic carbocycles. The van der Waals surface area contributed by atoms with Gasteiger partial charge in [0.2, 0.25) is 11.8 Å². The molecular formula is C25H32N2O7. The smallest absolute Gasteiger partial charge is 0.340 e. The fourth-order valence-electron chi connectivity index (χ4n) is 4.05. The maximum Gasteiger partial charge on any atom is 0.340 e. The van der Waals surface area contributed by atoms with Gasteiger partial charge in [-0.05, 0) is 56.7 Å². The first-order valence-electron chi connectivity index (χ1n) is 11.5. The Hall–Kier alpha value is -3.36. The van der Waals surface area contributed by atoms with E-state index >= 15 is 0 Å². The van der Waals surface area contributed by atoms with Crippen molar-refractivity contribution in [3.8, 4) is 5.75 Å². The Morgan fingerprint density at radius 2 is 1.91 bits per heavy atom. The molecule has 2 atom stereocenters. The zero-order chi connectivity index (χ0) is 25.2. The van der Waals surface area contributed by atoms with Crippen molar-refractivity contribution in [2.24, 2.45) is 5.92 Å². The molecule has 34 heavy (non-hydrogen) atoms. The molecular weight excluding hydrogens is 440 g/mol. The van der Waals surface area contributed by atoms with Crippen LogP contribution < -0.4 is 21.0 Å². The van der Waals surface area contributed by atoms with Crippen LogP contribution >= 0.6 is 0 Å². The van der Waals surface area contributed by atoms with Gasteiger partial charge >= 0.3 is 11.6 Å². The molecule has 9 nitrogen and oxygen atoms in total. The number of carboxylic acid groups (broad SMARTS) is 1. The molecule has 184 valence electrons. The van der Waals surface area contributed by atoms with E-state index in [1.165, 1.54) is 0 Å². The number of aliphatic carboxylic acids is 1. The van der Waals surface area contributed by atoms with Crippen LogP contribution in [0.2, 0.25) is 0 Å². The van der Waals surface area contributed by atoms with Crippen LogP contribution in [-0.2, 0) is 27.2 Å². The molecule has 0 bridgehead atoms.